The van der Waals surface area contributed by atoms with Crippen LogP contribution in [-0.2, 0) is 54.3 Å². The molecule has 0 aliphatic rings. The normalized spacial score (nSPS) is 10.5. The molecule has 206 valence electrons. The highest BCUT2D eigenvalue weighted by atomic mass is 16.6. The second kappa shape index (κ2) is 15.8. The molecule has 10 nitrogen and oxygen atoms in total. The smallest absolute Gasteiger partial charge is 0.333 e. The molecule has 38 heavy (non-hydrogen) atoms. The van der Waals surface area contributed by atoms with Crippen molar-refractivity contribution in [1.29, 1.82) is 0 Å². The Kier molecular flexibility index (Phi) is 13.2. The zero-order chi connectivity index (χ0) is 28.7. The molecule has 0 fully saturated rings. The summed E-state index contributed by atoms with van der Waals surface area (Å²) in [6.45, 7) is 13.1. The first kappa shape index (κ1) is 31.8. The van der Waals surface area contributed by atoms with Gasteiger partial charge in [-0.25, -0.2) is 14.4 Å². The van der Waals surface area contributed by atoms with Crippen molar-refractivity contribution in [3.63, 3.8) is 0 Å². The lowest BCUT2D eigenvalue weighted by Crippen LogP contribution is -2.44. The Balaban J connectivity index is 2.89. The molecule has 1 aromatic carbocycles. The first-order chi connectivity index (χ1) is 17.8. The van der Waals surface area contributed by atoms with Gasteiger partial charge < -0.3 is 23.7 Å². The molecule has 1 aromatic rings. The second-order valence-electron chi connectivity index (χ2n) is 8.88. The standard InChI is InChI=1S/C28H34O10/c1-19(2)25(31)36-16-28(17-37-26(32)20(3)4,18-38-27(33)21(5)6)15-35-24(30)13-12-23(29)34-14-22-10-8-7-9-11-22/h7-11H,1,3,5,12-18H2,2,4,6H3. The number of esters is 5. The summed E-state index contributed by atoms with van der Waals surface area (Å²) in [6.07, 6.45) is -0.537. The Morgan fingerprint density at radius 2 is 0.974 bits per heavy atom. The average Bonchev–Trinajstić information content (AvgIpc) is 2.89. The highest BCUT2D eigenvalue weighted by Gasteiger charge is 2.38. The molecule has 0 heterocycles. The topological polar surface area (TPSA) is 132 Å². The number of hydrogen-bond acceptors (Lipinski definition) is 10. The van der Waals surface area contributed by atoms with E-state index < -0.39 is 61.7 Å². The molecule has 0 aromatic heterocycles. The molecule has 0 saturated heterocycles. The maximum Gasteiger partial charge on any atom is 0.333 e. The summed E-state index contributed by atoms with van der Waals surface area (Å²) >= 11 is 0. The predicted octanol–water partition coefficient (Wildman–Crippen LogP) is 3.40. The van der Waals surface area contributed by atoms with Gasteiger partial charge in [-0.1, -0.05) is 50.1 Å². The molecule has 0 bridgehead atoms. The van der Waals surface area contributed by atoms with Gasteiger partial charge in [0.05, 0.1) is 12.8 Å². The van der Waals surface area contributed by atoms with Gasteiger partial charge in [0.15, 0.2) is 0 Å². The van der Waals surface area contributed by atoms with E-state index in [4.69, 9.17) is 23.7 Å². The van der Waals surface area contributed by atoms with Gasteiger partial charge in [-0.05, 0) is 26.3 Å². The molecule has 0 unspecified atom stereocenters. The van der Waals surface area contributed by atoms with Gasteiger partial charge in [0.2, 0.25) is 0 Å². The summed E-state index contributed by atoms with van der Waals surface area (Å²) < 4.78 is 26.1. The molecule has 0 saturated carbocycles. The molecule has 0 N–H and O–H groups in total. The Hall–Kier alpha value is -4.21. The van der Waals surface area contributed by atoms with Gasteiger partial charge >= 0.3 is 29.8 Å². The summed E-state index contributed by atoms with van der Waals surface area (Å²) in [6, 6.07) is 9.04. The zero-order valence-corrected chi connectivity index (χ0v) is 22.0. The van der Waals surface area contributed by atoms with Crippen molar-refractivity contribution < 1.29 is 47.7 Å². The molecule has 0 aliphatic carbocycles. The zero-order valence-electron chi connectivity index (χ0n) is 22.0. The van der Waals surface area contributed by atoms with Crippen LogP contribution in [0.2, 0.25) is 0 Å². The van der Waals surface area contributed by atoms with Crippen molar-refractivity contribution in [3.05, 3.63) is 72.4 Å². The molecule has 0 amide bonds. The summed E-state index contributed by atoms with van der Waals surface area (Å²) in [5, 5.41) is 0. The number of carbonyl (C=O) groups excluding carboxylic acids is 5. The summed E-state index contributed by atoms with van der Waals surface area (Å²) in [5.41, 5.74) is -0.371. The third kappa shape index (κ3) is 12.2. The van der Waals surface area contributed by atoms with Gasteiger partial charge in [0, 0.05) is 16.7 Å². The van der Waals surface area contributed by atoms with Crippen LogP contribution in [-0.4, -0.2) is 56.3 Å². The van der Waals surface area contributed by atoms with Crippen molar-refractivity contribution in [1.82, 2.24) is 0 Å². The summed E-state index contributed by atoms with van der Waals surface area (Å²) in [4.78, 5) is 60.5. The van der Waals surface area contributed by atoms with Crippen molar-refractivity contribution in [2.24, 2.45) is 5.41 Å². The Morgan fingerprint density at radius 1 is 0.605 bits per heavy atom. The van der Waals surface area contributed by atoms with Crippen molar-refractivity contribution >= 4 is 29.8 Å². The summed E-state index contributed by atoms with van der Waals surface area (Å²) in [5.74, 6) is -3.62. The van der Waals surface area contributed by atoms with E-state index in [1.165, 1.54) is 20.8 Å². The van der Waals surface area contributed by atoms with E-state index in [-0.39, 0.29) is 36.2 Å². The average molecular weight is 531 g/mol. The Bertz CT molecular complexity index is 981. The van der Waals surface area contributed by atoms with Crippen LogP contribution >= 0.6 is 0 Å². The lowest BCUT2D eigenvalue weighted by molar-refractivity contribution is -0.168. The molecule has 0 spiro atoms. The molecule has 1 rings (SSSR count). The van der Waals surface area contributed by atoms with Crippen LogP contribution in [0.15, 0.2) is 66.8 Å². The van der Waals surface area contributed by atoms with E-state index in [9.17, 15) is 24.0 Å². The minimum atomic E-state index is -1.47. The monoisotopic (exact) mass is 530 g/mol. The molecular weight excluding hydrogens is 496 g/mol. The Morgan fingerprint density at radius 3 is 1.37 bits per heavy atom. The van der Waals surface area contributed by atoms with Crippen molar-refractivity contribution in [3.8, 4) is 0 Å². The van der Waals surface area contributed by atoms with E-state index in [1.54, 1.807) is 12.1 Å². The number of carbonyl (C=O) groups is 5. The molecule has 0 radical (unpaired) electrons. The van der Waals surface area contributed by atoms with Crippen molar-refractivity contribution in [2.75, 3.05) is 26.4 Å². The second-order valence-corrected chi connectivity index (χ2v) is 8.88. The summed E-state index contributed by atoms with van der Waals surface area (Å²) in [7, 11) is 0. The van der Waals surface area contributed by atoms with E-state index in [0.717, 1.165) is 5.56 Å². The fraction of sp³-hybridized carbons (Fsp3) is 0.393. The van der Waals surface area contributed by atoms with E-state index in [1.807, 2.05) is 18.2 Å². The van der Waals surface area contributed by atoms with E-state index >= 15 is 0 Å². The fourth-order valence-corrected chi connectivity index (χ4v) is 2.60. The third-order valence-corrected chi connectivity index (χ3v) is 4.89. The van der Waals surface area contributed by atoms with Crippen LogP contribution in [0.5, 0.6) is 0 Å². The SMILES string of the molecule is C=C(C)C(=O)OCC(COC(=O)CCC(=O)OCc1ccccc1)(COC(=O)C(=C)C)COC(=O)C(=C)C. The quantitative estimate of drug-likeness (QED) is 0.178. The van der Waals surface area contributed by atoms with Crippen LogP contribution in [0, 0.1) is 5.41 Å². The van der Waals surface area contributed by atoms with E-state index in [0.29, 0.717) is 0 Å². The van der Waals surface area contributed by atoms with Crippen LogP contribution in [0.3, 0.4) is 0 Å². The van der Waals surface area contributed by atoms with Crippen molar-refractivity contribution in [2.45, 2.75) is 40.2 Å². The van der Waals surface area contributed by atoms with Gasteiger partial charge in [0.25, 0.3) is 0 Å². The Labute approximate surface area is 222 Å². The lowest BCUT2D eigenvalue weighted by Gasteiger charge is -2.31. The largest absolute Gasteiger partial charge is 0.465 e. The number of rotatable bonds is 16. The molecule has 0 atom stereocenters. The highest BCUT2D eigenvalue weighted by Crippen LogP contribution is 2.23. The van der Waals surface area contributed by atoms with Gasteiger partial charge in [-0.3, -0.25) is 9.59 Å². The first-order valence-electron chi connectivity index (χ1n) is 11.7. The number of benzene rings is 1. The maximum absolute atomic E-state index is 12.4. The minimum absolute atomic E-state index is 0.0636. The van der Waals surface area contributed by atoms with Gasteiger partial charge in [0.1, 0.15) is 38.4 Å². The van der Waals surface area contributed by atoms with Gasteiger partial charge in [-0.15, -0.1) is 0 Å². The number of ether oxygens (including phenoxy) is 5. The lowest BCUT2D eigenvalue weighted by atomic mass is 9.92. The van der Waals surface area contributed by atoms with Crippen LogP contribution in [0.25, 0.3) is 0 Å². The van der Waals surface area contributed by atoms with Crippen LogP contribution in [0.4, 0.5) is 0 Å². The maximum atomic E-state index is 12.4. The third-order valence-electron chi connectivity index (χ3n) is 4.89. The molecule has 10 heteroatoms. The van der Waals surface area contributed by atoms with E-state index in [2.05, 4.69) is 19.7 Å². The number of hydrogen-bond donors (Lipinski definition) is 0. The van der Waals surface area contributed by atoms with Crippen LogP contribution in [0.1, 0.15) is 39.2 Å². The van der Waals surface area contributed by atoms with Crippen LogP contribution < -0.4 is 0 Å². The predicted molar refractivity (Wildman–Crippen MR) is 136 cm³/mol. The highest BCUT2D eigenvalue weighted by molar-refractivity contribution is 5.88. The fourth-order valence-electron chi connectivity index (χ4n) is 2.60. The molecule has 0 aliphatic heterocycles. The van der Waals surface area contributed by atoms with Gasteiger partial charge in [-0.2, -0.15) is 0 Å². The first-order valence-corrected chi connectivity index (χ1v) is 11.7. The molecular formula is C28H34O10. The minimum Gasteiger partial charge on any atom is -0.465 e.